The van der Waals surface area contributed by atoms with Gasteiger partial charge >= 0.3 is 0 Å². The van der Waals surface area contributed by atoms with Gasteiger partial charge in [0.2, 0.25) is 5.91 Å². The second-order valence-corrected chi connectivity index (χ2v) is 13.0. The Bertz CT molecular complexity index is 892. The van der Waals surface area contributed by atoms with Crippen LogP contribution in [0.25, 0.3) is 0 Å². The first-order chi connectivity index (χ1) is 19.0. The van der Waals surface area contributed by atoms with Crippen molar-refractivity contribution in [1.29, 1.82) is 0 Å². The molecule has 0 saturated heterocycles. The number of likely N-dealkylation sites (N-methyl/N-ethyl adjacent to an activating group) is 1. The van der Waals surface area contributed by atoms with Gasteiger partial charge in [-0.25, -0.2) is 4.39 Å². The highest BCUT2D eigenvalue weighted by Gasteiger charge is 2.32. The highest BCUT2D eigenvalue weighted by atomic mass is 19.1. The maximum atomic E-state index is 15.3. The second-order valence-electron chi connectivity index (χ2n) is 13.0. The van der Waals surface area contributed by atoms with Crippen LogP contribution in [-0.2, 0) is 9.53 Å². The lowest BCUT2D eigenvalue weighted by Gasteiger charge is -2.38. The zero-order valence-electron chi connectivity index (χ0n) is 24.9. The topological polar surface area (TPSA) is 29.5 Å². The fraction of sp³-hybridized carbons (Fsp3) is 0.743. The van der Waals surface area contributed by atoms with Crippen molar-refractivity contribution in [1.82, 2.24) is 4.90 Å². The van der Waals surface area contributed by atoms with Crippen molar-refractivity contribution in [3.05, 3.63) is 47.8 Å². The van der Waals surface area contributed by atoms with Crippen molar-refractivity contribution in [2.45, 2.75) is 128 Å². The van der Waals surface area contributed by atoms with E-state index >= 15 is 4.39 Å². The van der Waals surface area contributed by atoms with E-state index in [1.807, 2.05) is 6.07 Å². The fourth-order valence-electron chi connectivity index (χ4n) is 7.85. The summed E-state index contributed by atoms with van der Waals surface area (Å²) in [5.41, 5.74) is 2.13. The van der Waals surface area contributed by atoms with Gasteiger partial charge < -0.3 is 9.64 Å². The van der Waals surface area contributed by atoms with E-state index in [1.54, 1.807) is 11.9 Å². The van der Waals surface area contributed by atoms with E-state index < -0.39 is 0 Å². The van der Waals surface area contributed by atoms with Gasteiger partial charge in [0.15, 0.2) is 0 Å². The summed E-state index contributed by atoms with van der Waals surface area (Å²) in [6, 6.07) is 6.20. The first kappa shape index (κ1) is 30.3. The highest BCUT2D eigenvalue weighted by Crippen LogP contribution is 2.45. The van der Waals surface area contributed by atoms with E-state index in [9.17, 15) is 4.79 Å². The Kier molecular flexibility index (Phi) is 11.9. The number of hydrogen-bond acceptors (Lipinski definition) is 2. The average Bonchev–Trinajstić information content (AvgIpc) is 2.97. The Hall–Kier alpha value is -1.68. The molecule has 0 radical (unpaired) electrons. The lowest BCUT2D eigenvalue weighted by molar-refractivity contribution is -0.125. The molecule has 4 rings (SSSR count). The number of unbranched alkanes of at least 4 members (excludes halogenated alkanes) is 2. The van der Waals surface area contributed by atoms with Gasteiger partial charge in [-0.3, -0.25) is 4.79 Å². The van der Waals surface area contributed by atoms with Crippen LogP contribution in [0.1, 0.15) is 133 Å². The number of halogens is 1. The Morgan fingerprint density at radius 1 is 0.949 bits per heavy atom. The number of carbonyl (C=O) groups excluding carboxylic acids is 1. The molecule has 1 aromatic carbocycles. The zero-order chi connectivity index (χ0) is 27.6. The second kappa shape index (κ2) is 15.4. The average molecular weight is 540 g/mol. The summed E-state index contributed by atoms with van der Waals surface area (Å²) in [5, 5.41) is 0. The predicted octanol–water partition coefficient (Wildman–Crippen LogP) is 9.17. The summed E-state index contributed by atoms with van der Waals surface area (Å²) >= 11 is 0. The van der Waals surface area contributed by atoms with Gasteiger partial charge in [-0.1, -0.05) is 64.2 Å². The van der Waals surface area contributed by atoms with E-state index in [0.29, 0.717) is 19.1 Å². The molecule has 0 heterocycles. The molecule has 0 atom stereocenters. The van der Waals surface area contributed by atoms with Crippen LogP contribution < -0.4 is 0 Å². The third-order valence-corrected chi connectivity index (χ3v) is 10.5. The van der Waals surface area contributed by atoms with Gasteiger partial charge in [-0.15, -0.1) is 0 Å². The van der Waals surface area contributed by atoms with Crippen LogP contribution in [0.4, 0.5) is 4.39 Å². The maximum Gasteiger partial charge on any atom is 0.245 e. The number of amides is 1. The van der Waals surface area contributed by atoms with E-state index in [1.165, 1.54) is 88.7 Å². The van der Waals surface area contributed by atoms with Crippen LogP contribution >= 0.6 is 0 Å². The molecule has 3 saturated carbocycles. The summed E-state index contributed by atoms with van der Waals surface area (Å²) in [6.07, 6.45) is 22.0. The number of ether oxygens (including phenoxy) is 1. The maximum absolute atomic E-state index is 15.3. The van der Waals surface area contributed by atoms with Gasteiger partial charge in [-0.2, -0.15) is 0 Å². The van der Waals surface area contributed by atoms with Gasteiger partial charge in [-0.05, 0) is 117 Å². The number of benzene rings is 1. The SMILES string of the molecule is C=CC(=O)N(C)CCOC1CCC(c2ccc(C3CCC(C4CCC(CCCCC)CC4)CC3)cc2F)CC1. The molecule has 0 N–H and O–H groups in total. The Morgan fingerprint density at radius 2 is 1.59 bits per heavy atom. The predicted molar refractivity (Wildman–Crippen MR) is 159 cm³/mol. The van der Waals surface area contributed by atoms with Crippen molar-refractivity contribution < 1.29 is 13.9 Å². The monoisotopic (exact) mass is 539 g/mol. The molecule has 1 aromatic rings. The molecule has 0 spiro atoms. The molecular formula is C35H54FNO2. The summed E-state index contributed by atoms with van der Waals surface area (Å²) < 4.78 is 21.3. The molecule has 0 bridgehead atoms. The van der Waals surface area contributed by atoms with Crippen LogP contribution in [0.5, 0.6) is 0 Å². The van der Waals surface area contributed by atoms with Gasteiger partial charge in [0.1, 0.15) is 5.82 Å². The van der Waals surface area contributed by atoms with Crippen molar-refractivity contribution in [3.63, 3.8) is 0 Å². The molecule has 3 aliphatic rings. The number of nitrogens with zero attached hydrogens (tertiary/aromatic N) is 1. The van der Waals surface area contributed by atoms with Gasteiger partial charge in [0.05, 0.1) is 12.7 Å². The first-order valence-electron chi connectivity index (χ1n) is 16.3. The lowest BCUT2D eigenvalue weighted by atomic mass is 9.68. The van der Waals surface area contributed by atoms with E-state index in [-0.39, 0.29) is 23.7 Å². The Balaban J connectivity index is 1.18. The molecule has 3 nitrogen and oxygen atoms in total. The summed E-state index contributed by atoms with van der Waals surface area (Å²) in [4.78, 5) is 13.2. The molecule has 4 heteroatoms. The van der Waals surface area contributed by atoms with Crippen molar-refractivity contribution in [2.75, 3.05) is 20.2 Å². The normalized spacial score (nSPS) is 29.6. The van der Waals surface area contributed by atoms with Crippen molar-refractivity contribution >= 4 is 5.91 Å². The third kappa shape index (κ3) is 8.65. The van der Waals surface area contributed by atoms with Crippen molar-refractivity contribution in [3.8, 4) is 0 Å². The summed E-state index contributed by atoms with van der Waals surface area (Å²) in [6.45, 7) is 6.94. The van der Waals surface area contributed by atoms with Crippen LogP contribution in [0.2, 0.25) is 0 Å². The summed E-state index contributed by atoms with van der Waals surface area (Å²) in [7, 11) is 1.77. The molecule has 3 fully saturated rings. The van der Waals surface area contributed by atoms with Crippen LogP contribution in [0.15, 0.2) is 30.9 Å². The minimum Gasteiger partial charge on any atom is -0.376 e. The van der Waals surface area contributed by atoms with Gasteiger partial charge in [0, 0.05) is 13.6 Å². The van der Waals surface area contributed by atoms with Crippen LogP contribution in [-0.4, -0.2) is 37.1 Å². The molecule has 0 aliphatic heterocycles. The van der Waals surface area contributed by atoms with Crippen LogP contribution in [0.3, 0.4) is 0 Å². The summed E-state index contributed by atoms with van der Waals surface area (Å²) in [5.74, 6) is 3.59. The standard InChI is InChI=1S/C35H54FNO2/c1-4-6-7-8-26-9-11-27(12-10-26)28-13-15-29(16-14-28)31-19-22-33(34(36)25-31)30-17-20-32(21-18-30)39-24-23-37(3)35(38)5-2/h5,19,22,25-30,32H,2,4,6-18,20-21,23-24H2,1,3H3. The molecule has 39 heavy (non-hydrogen) atoms. The Morgan fingerprint density at radius 3 is 2.21 bits per heavy atom. The fourth-order valence-corrected chi connectivity index (χ4v) is 7.85. The van der Waals surface area contributed by atoms with Crippen LogP contribution in [0, 0.1) is 23.6 Å². The first-order valence-corrected chi connectivity index (χ1v) is 16.3. The number of carbonyl (C=O) groups is 1. The Labute approximate surface area is 238 Å². The minimum absolute atomic E-state index is 0.00458. The molecule has 0 unspecified atom stereocenters. The van der Waals surface area contributed by atoms with Crippen molar-refractivity contribution in [2.24, 2.45) is 17.8 Å². The minimum atomic E-state index is -0.0790. The molecule has 218 valence electrons. The largest absolute Gasteiger partial charge is 0.376 e. The van der Waals surface area contributed by atoms with E-state index in [0.717, 1.165) is 49.0 Å². The van der Waals surface area contributed by atoms with Gasteiger partial charge in [0.25, 0.3) is 0 Å². The van der Waals surface area contributed by atoms with E-state index in [4.69, 9.17) is 4.74 Å². The lowest BCUT2D eigenvalue weighted by Crippen LogP contribution is -2.30. The quantitative estimate of drug-likeness (QED) is 0.196. The third-order valence-electron chi connectivity index (χ3n) is 10.5. The number of rotatable bonds is 12. The molecular weight excluding hydrogens is 485 g/mol. The molecule has 1 amide bonds. The van der Waals surface area contributed by atoms with E-state index in [2.05, 4.69) is 25.6 Å². The smallest absolute Gasteiger partial charge is 0.245 e. The number of hydrogen-bond donors (Lipinski definition) is 0. The molecule has 0 aromatic heterocycles. The molecule has 3 aliphatic carbocycles. The zero-order valence-corrected chi connectivity index (χ0v) is 24.9. The highest BCUT2D eigenvalue weighted by molar-refractivity contribution is 5.86.